The van der Waals surface area contributed by atoms with Crippen molar-refractivity contribution in [2.75, 3.05) is 26.2 Å². The number of aryl methyl sites for hydroxylation is 1. The molecule has 4 rings (SSSR count). The molecule has 0 atom stereocenters. The fourth-order valence-electron chi connectivity index (χ4n) is 4.68. The maximum Gasteiger partial charge on any atom is 0.410 e. The first-order valence-corrected chi connectivity index (χ1v) is 12.9. The van der Waals surface area contributed by atoms with Gasteiger partial charge in [-0.15, -0.1) is 0 Å². The van der Waals surface area contributed by atoms with E-state index in [1.807, 2.05) is 55.8 Å². The Hall–Kier alpha value is -3.68. The van der Waals surface area contributed by atoms with Crippen LogP contribution in [0.5, 0.6) is 0 Å². The molecule has 1 saturated heterocycles. The summed E-state index contributed by atoms with van der Waals surface area (Å²) in [5.74, 6) is -0.0572. The lowest BCUT2D eigenvalue weighted by molar-refractivity contribution is -0.127. The van der Waals surface area contributed by atoms with Gasteiger partial charge in [0.2, 0.25) is 5.91 Å². The highest BCUT2D eigenvalue weighted by atomic mass is 16.6. The Labute approximate surface area is 218 Å². The second-order valence-corrected chi connectivity index (χ2v) is 10.9. The zero-order valence-electron chi connectivity index (χ0n) is 22.7. The van der Waals surface area contributed by atoms with Crippen LogP contribution in [0.2, 0.25) is 0 Å². The summed E-state index contributed by atoms with van der Waals surface area (Å²) in [6.07, 6.45) is 7.68. The molecule has 0 saturated carbocycles. The van der Waals surface area contributed by atoms with E-state index in [0.29, 0.717) is 26.2 Å². The molecule has 0 radical (unpaired) electrons. The molecule has 3 heterocycles. The third kappa shape index (κ3) is 5.84. The van der Waals surface area contributed by atoms with Crippen molar-refractivity contribution in [3.8, 4) is 0 Å². The SMILES string of the molecule is CCc1nn2cccnc2c1C(C)(C)c1ccc(C=CC(=O)N2CCN(C(=O)OC(C)(C)C)CC2)cc1. The number of piperazine rings is 1. The minimum absolute atomic E-state index is 0.0572. The fourth-order valence-corrected chi connectivity index (χ4v) is 4.68. The number of aromatic nitrogens is 3. The number of hydrogen-bond acceptors (Lipinski definition) is 5. The average molecular weight is 504 g/mol. The van der Waals surface area contributed by atoms with Gasteiger partial charge in [-0.1, -0.05) is 45.0 Å². The number of fused-ring (bicyclic) bond motifs is 1. The average Bonchev–Trinajstić information content (AvgIpc) is 3.26. The summed E-state index contributed by atoms with van der Waals surface area (Å²) in [5.41, 5.74) is 4.36. The molecular weight excluding hydrogens is 466 g/mol. The van der Waals surface area contributed by atoms with Crippen LogP contribution in [0.3, 0.4) is 0 Å². The number of hydrogen-bond donors (Lipinski definition) is 0. The first-order valence-electron chi connectivity index (χ1n) is 12.9. The number of ether oxygens (including phenoxy) is 1. The van der Waals surface area contributed by atoms with Crippen LogP contribution in [0.1, 0.15) is 63.9 Å². The van der Waals surface area contributed by atoms with Crippen LogP contribution in [0.25, 0.3) is 11.7 Å². The smallest absolute Gasteiger partial charge is 0.410 e. The van der Waals surface area contributed by atoms with Gasteiger partial charge in [0.1, 0.15) is 5.60 Å². The predicted molar refractivity (Wildman–Crippen MR) is 144 cm³/mol. The largest absolute Gasteiger partial charge is 0.444 e. The van der Waals surface area contributed by atoms with Gasteiger partial charge in [0.05, 0.1) is 5.69 Å². The third-order valence-electron chi connectivity index (χ3n) is 6.72. The maximum absolute atomic E-state index is 12.7. The molecule has 1 fully saturated rings. The van der Waals surface area contributed by atoms with Crippen molar-refractivity contribution in [2.45, 2.75) is 59.0 Å². The quantitative estimate of drug-likeness (QED) is 0.471. The molecule has 0 aliphatic carbocycles. The highest BCUT2D eigenvalue weighted by Gasteiger charge is 2.31. The van der Waals surface area contributed by atoms with Gasteiger partial charge in [0.15, 0.2) is 5.65 Å². The third-order valence-corrected chi connectivity index (χ3v) is 6.72. The summed E-state index contributed by atoms with van der Waals surface area (Å²) >= 11 is 0. The van der Waals surface area contributed by atoms with Crippen LogP contribution in [-0.4, -0.2) is 68.2 Å². The molecule has 37 heavy (non-hydrogen) atoms. The summed E-state index contributed by atoms with van der Waals surface area (Å²) in [6.45, 7) is 14.0. The van der Waals surface area contributed by atoms with E-state index in [9.17, 15) is 9.59 Å². The van der Waals surface area contributed by atoms with Crippen molar-refractivity contribution in [1.82, 2.24) is 24.4 Å². The second-order valence-electron chi connectivity index (χ2n) is 10.9. The van der Waals surface area contributed by atoms with Crippen LogP contribution in [0.4, 0.5) is 4.79 Å². The molecule has 1 aliphatic rings. The normalized spacial score (nSPS) is 15.0. The lowest BCUT2D eigenvalue weighted by Crippen LogP contribution is -2.51. The van der Waals surface area contributed by atoms with Gasteiger partial charge < -0.3 is 14.5 Å². The Kier molecular flexibility index (Phi) is 7.39. The summed E-state index contributed by atoms with van der Waals surface area (Å²) < 4.78 is 7.28. The molecule has 0 N–H and O–H groups in total. The Morgan fingerprint density at radius 2 is 1.65 bits per heavy atom. The lowest BCUT2D eigenvalue weighted by Gasteiger charge is -2.35. The Balaban J connectivity index is 1.41. The minimum Gasteiger partial charge on any atom is -0.444 e. The fraction of sp³-hybridized carbons (Fsp3) is 0.448. The predicted octanol–water partition coefficient (Wildman–Crippen LogP) is 4.71. The van der Waals surface area contributed by atoms with Crippen molar-refractivity contribution < 1.29 is 14.3 Å². The zero-order valence-corrected chi connectivity index (χ0v) is 22.7. The molecule has 2 aromatic heterocycles. The summed E-state index contributed by atoms with van der Waals surface area (Å²) in [4.78, 5) is 33.0. The van der Waals surface area contributed by atoms with Crippen molar-refractivity contribution in [2.24, 2.45) is 0 Å². The van der Waals surface area contributed by atoms with Crippen molar-refractivity contribution in [3.05, 3.63) is 71.2 Å². The van der Waals surface area contributed by atoms with Crippen LogP contribution < -0.4 is 0 Å². The zero-order chi connectivity index (χ0) is 26.8. The molecule has 0 bridgehead atoms. The Morgan fingerprint density at radius 1 is 1.00 bits per heavy atom. The van der Waals surface area contributed by atoms with E-state index in [0.717, 1.165) is 34.5 Å². The molecule has 196 valence electrons. The number of carbonyl (C=O) groups excluding carboxylic acids is 2. The van der Waals surface area contributed by atoms with Crippen LogP contribution in [-0.2, 0) is 21.4 Å². The van der Waals surface area contributed by atoms with Crippen molar-refractivity contribution in [3.63, 3.8) is 0 Å². The topological polar surface area (TPSA) is 80.0 Å². The number of rotatable bonds is 5. The van der Waals surface area contributed by atoms with Gasteiger partial charge in [-0.2, -0.15) is 5.10 Å². The Morgan fingerprint density at radius 3 is 2.27 bits per heavy atom. The van der Waals surface area contributed by atoms with Gasteiger partial charge in [0.25, 0.3) is 0 Å². The number of amides is 2. The van der Waals surface area contributed by atoms with Gasteiger partial charge in [-0.25, -0.2) is 14.3 Å². The van der Waals surface area contributed by atoms with Crippen molar-refractivity contribution >= 4 is 23.7 Å². The molecule has 0 spiro atoms. The highest BCUT2D eigenvalue weighted by Crippen LogP contribution is 2.36. The summed E-state index contributed by atoms with van der Waals surface area (Å²) in [7, 11) is 0. The monoisotopic (exact) mass is 503 g/mol. The molecule has 3 aromatic rings. The van der Waals surface area contributed by atoms with Gasteiger partial charge in [-0.3, -0.25) is 4.79 Å². The van der Waals surface area contributed by atoms with Crippen LogP contribution >= 0.6 is 0 Å². The standard InChI is InChI=1S/C29H37N5O3/c1-7-23-25(26-30-15-8-16-34(26)31-23)29(5,6)22-12-9-21(10-13-22)11-14-24(35)32-17-19-33(20-18-32)27(36)37-28(2,3)4/h8-16H,7,17-20H2,1-6H3. The van der Waals surface area contributed by atoms with E-state index in [1.165, 1.54) is 0 Å². The van der Waals surface area contributed by atoms with E-state index < -0.39 is 5.60 Å². The van der Waals surface area contributed by atoms with Gasteiger partial charge in [-0.05, 0) is 50.5 Å². The first-order chi connectivity index (χ1) is 17.5. The molecular formula is C29H37N5O3. The molecule has 8 nitrogen and oxygen atoms in total. The van der Waals surface area contributed by atoms with Crippen molar-refractivity contribution in [1.29, 1.82) is 0 Å². The maximum atomic E-state index is 12.7. The Bertz CT molecular complexity index is 1290. The van der Waals surface area contributed by atoms with Gasteiger partial charge in [0, 0.05) is 55.6 Å². The van der Waals surface area contributed by atoms with Gasteiger partial charge >= 0.3 is 6.09 Å². The van der Waals surface area contributed by atoms with E-state index in [-0.39, 0.29) is 17.4 Å². The molecule has 1 aliphatic heterocycles. The van der Waals surface area contributed by atoms with E-state index in [2.05, 4.69) is 37.9 Å². The number of nitrogens with zero attached hydrogens (tertiary/aromatic N) is 5. The minimum atomic E-state index is -0.528. The lowest BCUT2D eigenvalue weighted by atomic mass is 9.77. The number of benzene rings is 1. The summed E-state index contributed by atoms with van der Waals surface area (Å²) in [6, 6.07) is 10.2. The van der Waals surface area contributed by atoms with E-state index in [1.54, 1.807) is 22.1 Å². The molecule has 8 heteroatoms. The molecule has 2 amide bonds. The summed E-state index contributed by atoms with van der Waals surface area (Å²) in [5, 5.41) is 4.74. The van der Waals surface area contributed by atoms with Crippen LogP contribution in [0.15, 0.2) is 48.8 Å². The molecule has 0 unspecified atom stereocenters. The van der Waals surface area contributed by atoms with E-state index >= 15 is 0 Å². The number of carbonyl (C=O) groups is 2. The first kappa shape index (κ1) is 26.4. The highest BCUT2D eigenvalue weighted by molar-refractivity contribution is 5.92. The van der Waals surface area contributed by atoms with E-state index in [4.69, 9.17) is 9.84 Å². The molecule has 1 aromatic carbocycles. The van der Waals surface area contributed by atoms with Crippen LogP contribution in [0, 0.1) is 0 Å². The second kappa shape index (κ2) is 10.4.